The average molecular weight is 415 g/mol. The standard InChI is InChI=1S/C19H16ClFN6O2/c20-13-1-5-15(6-2-13)26-11-12(9-18(26)28)19(29)22-10-17-23-24-25-27(17)16-7-3-14(21)4-8-16/h1-8,12H,9-11H2,(H,22,29)/t12-/m1/s1. The molecule has 8 nitrogen and oxygen atoms in total. The molecule has 2 heterocycles. The molecule has 0 radical (unpaired) electrons. The minimum Gasteiger partial charge on any atom is -0.348 e. The molecule has 1 N–H and O–H groups in total. The molecule has 3 aromatic rings. The maximum atomic E-state index is 13.1. The van der Waals surface area contributed by atoms with E-state index in [2.05, 4.69) is 20.8 Å². The summed E-state index contributed by atoms with van der Waals surface area (Å²) in [6.45, 7) is 0.365. The van der Waals surface area contributed by atoms with E-state index < -0.39 is 5.92 Å². The Morgan fingerprint density at radius 1 is 1.14 bits per heavy atom. The third-order valence-electron chi connectivity index (χ3n) is 4.66. The van der Waals surface area contributed by atoms with E-state index in [4.69, 9.17) is 11.6 Å². The minimum absolute atomic E-state index is 0.0782. The first kappa shape index (κ1) is 19.0. The molecule has 10 heteroatoms. The maximum Gasteiger partial charge on any atom is 0.227 e. The largest absolute Gasteiger partial charge is 0.348 e. The highest BCUT2D eigenvalue weighted by Gasteiger charge is 2.35. The smallest absolute Gasteiger partial charge is 0.227 e. The van der Waals surface area contributed by atoms with Crippen molar-refractivity contribution in [2.24, 2.45) is 5.92 Å². The highest BCUT2D eigenvalue weighted by molar-refractivity contribution is 6.30. The van der Waals surface area contributed by atoms with Gasteiger partial charge >= 0.3 is 0 Å². The van der Waals surface area contributed by atoms with Gasteiger partial charge in [-0.05, 0) is 59.0 Å². The zero-order chi connectivity index (χ0) is 20.4. The molecule has 0 aliphatic carbocycles. The van der Waals surface area contributed by atoms with Crippen LogP contribution in [0.5, 0.6) is 0 Å². The SMILES string of the molecule is O=C(NCc1nnnn1-c1ccc(F)cc1)[C@@H]1CC(=O)N(c2ccc(Cl)cc2)C1. The highest BCUT2D eigenvalue weighted by Crippen LogP contribution is 2.26. The summed E-state index contributed by atoms with van der Waals surface area (Å²) in [6.07, 6.45) is 0.122. The van der Waals surface area contributed by atoms with Gasteiger partial charge in [0.1, 0.15) is 5.82 Å². The van der Waals surface area contributed by atoms with Crippen molar-refractivity contribution < 1.29 is 14.0 Å². The van der Waals surface area contributed by atoms with Crippen molar-refractivity contribution in [2.75, 3.05) is 11.4 Å². The lowest BCUT2D eigenvalue weighted by molar-refractivity contribution is -0.126. The van der Waals surface area contributed by atoms with E-state index in [1.165, 1.54) is 28.9 Å². The van der Waals surface area contributed by atoms with Gasteiger partial charge in [-0.25, -0.2) is 4.39 Å². The van der Waals surface area contributed by atoms with Gasteiger partial charge in [0.05, 0.1) is 18.2 Å². The van der Waals surface area contributed by atoms with Gasteiger partial charge in [0.15, 0.2) is 5.82 Å². The fraction of sp³-hybridized carbons (Fsp3) is 0.211. The highest BCUT2D eigenvalue weighted by atomic mass is 35.5. The number of rotatable bonds is 5. The summed E-state index contributed by atoms with van der Waals surface area (Å²) in [5.74, 6) is -0.836. The summed E-state index contributed by atoms with van der Waals surface area (Å²) in [6, 6.07) is 12.6. The molecular formula is C19H16ClFN6O2. The van der Waals surface area contributed by atoms with Gasteiger partial charge < -0.3 is 10.2 Å². The third kappa shape index (κ3) is 4.09. The van der Waals surface area contributed by atoms with Crippen LogP contribution < -0.4 is 10.2 Å². The van der Waals surface area contributed by atoms with Gasteiger partial charge in [0, 0.05) is 23.7 Å². The second kappa shape index (κ2) is 7.96. The van der Waals surface area contributed by atoms with Gasteiger partial charge in [0.2, 0.25) is 11.8 Å². The van der Waals surface area contributed by atoms with Crippen molar-refractivity contribution in [1.29, 1.82) is 0 Å². The van der Waals surface area contributed by atoms with Gasteiger partial charge in [-0.1, -0.05) is 11.6 Å². The minimum atomic E-state index is -0.478. The van der Waals surface area contributed by atoms with E-state index >= 15 is 0 Å². The molecule has 0 unspecified atom stereocenters. The first-order valence-electron chi connectivity index (χ1n) is 8.88. The number of tetrazole rings is 1. The summed E-state index contributed by atoms with van der Waals surface area (Å²) in [4.78, 5) is 26.5. The molecule has 2 amide bonds. The lowest BCUT2D eigenvalue weighted by Gasteiger charge is -2.16. The van der Waals surface area contributed by atoms with Crippen LogP contribution in [-0.4, -0.2) is 38.6 Å². The summed E-state index contributed by atoms with van der Waals surface area (Å²) in [5.41, 5.74) is 1.28. The second-order valence-corrected chi connectivity index (χ2v) is 7.02. The Bertz CT molecular complexity index is 1040. The number of anilines is 1. The van der Waals surface area contributed by atoms with Gasteiger partial charge in [-0.3, -0.25) is 9.59 Å². The maximum absolute atomic E-state index is 13.1. The topological polar surface area (TPSA) is 93.0 Å². The van der Waals surface area contributed by atoms with Crippen LogP contribution in [0, 0.1) is 11.7 Å². The zero-order valence-electron chi connectivity index (χ0n) is 15.1. The van der Waals surface area contributed by atoms with E-state index in [1.54, 1.807) is 29.2 Å². The molecule has 2 aromatic carbocycles. The van der Waals surface area contributed by atoms with Crippen LogP contribution in [0.3, 0.4) is 0 Å². The Hall–Kier alpha value is -3.33. The van der Waals surface area contributed by atoms with Gasteiger partial charge in [0.25, 0.3) is 0 Å². The summed E-state index contributed by atoms with van der Waals surface area (Å²) in [5, 5.41) is 14.7. The van der Waals surface area contributed by atoms with Crippen LogP contribution in [0.15, 0.2) is 48.5 Å². The van der Waals surface area contributed by atoms with Crippen LogP contribution in [-0.2, 0) is 16.1 Å². The molecule has 148 valence electrons. The fourth-order valence-electron chi connectivity index (χ4n) is 3.16. The summed E-state index contributed by atoms with van der Waals surface area (Å²) < 4.78 is 14.5. The molecule has 29 heavy (non-hydrogen) atoms. The van der Waals surface area contributed by atoms with Gasteiger partial charge in [-0.15, -0.1) is 5.10 Å². The molecule has 1 saturated heterocycles. The Kier molecular flexibility index (Phi) is 5.22. The number of carbonyl (C=O) groups is 2. The molecule has 0 saturated carbocycles. The van der Waals surface area contributed by atoms with Crippen molar-refractivity contribution in [3.63, 3.8) is 0 Å². The van der Waals surface area contributed by atoms with Crippen molar-refractivity contribution >= 4 is 29.1 Å². The lowest BCUT2D eigenvalue weighted by Crippen LogP contribution is -2.33. The van der Waals surface area contributed by atoms with Crippen LogP contribution in [0.1, 0.15) is 12.2 Å². The monoisotopic (exact) mass is 414 g/mol. The number of amides is 2. The quantitative estimate of drug-likeness (QED) is 0.690. The molecule has 1 atom stereocenters. The molecule has 1 aliphatic heterocycles. The number of benzene rings is 2. The normalized spacial score (nSPS) is 16.3. The van der Waals surface area contributed by atoms with E-state index in [0.717, 1.165) is 0 Å². The number of nitrogens with zero attached hydrogens (tertiary/aromatic N) is 5. The predicted molar refractivity (Wildman–Crippen MR) is 103 cm³/mol. The first-order chi connectivity index (χ1) is 14.0. The van der Waals surface area contributed by atoms with Crippen LogP contribution >= 0.6 is 11.6 Å². The Morgan fingerprint density at radius 3 is 2.55 bits per heavy atom. The van der Waals surface area contributed by atoms with Crippen LogP contribution in [0.25, 0.3) is 5.69 Å². The molecule has 4 rings (SSSR count). The summed E-state index contributed by atoms with van der Waals surface area (Å²) in [7, 11) is 0. The van der Waals surface area contributed by atoms with E-state index in [0.29, 0.717) is 22.2 Å². The number of nitrogens with one attached hydrogen (secondary N) is 1. The van der Waals surface area contributed by atoms with Crippen molar-refractivity contribution in [3.05, 3.63) is 65.2 Å². The molecular weight excluding hydrogens is 399 g/mol. The number of carbonyl (C=O) groups excluding carboxylic acids is 2. The number of aromatic nitrogens is 4. The fourth-order valence-corrected chi connectivity index (χ4v) is 3.29. The Balaban J connectivity index is 1.40. The van der Waals surface area contributed by atoms with Gasteiger partial charge in [-0.2, -0.15) is 4.68 Å². The van der Waals surface area contributed by atoms with Crippen LogP contribution in [0.4, 0.5) is 10.1 Å². The zero-order valence-corrected chi connectivity index (χ0v) is 15.9. The molecule has 0 bridgehead atoms. The predicted octanol–water partition coefficient (Wildman–Crippen LogP) is 2.12. The molecule has 1 fully saturated rings. The van der Waals surface area contributed by atoms with Crippen LogP contribution in [0.2, 0.25) is 5.02 Å². The number of hydrogen-bond acceptors (Lipinski definition) is 5. The summed E-state index contributed by atoms with van der Waals surface area (Å²) >= 11 is 5.88. The van der Waals surface area contributed by atoms with Crippen molar-refractivity contribution in [3.8, 4) is 5.69 Å². The lowest BCUT2D eigenvalue weighted by atomic mass is 10.1. The molecule has 0 spiro atoms. The van der Waals surface area contributed by atoms with E-state index in [-0.39, 0.29) is 37.1 Å². The molecule has 1 aromatic heterocycles. The Labute approximate surface area is 170 Å². The number of halogens is 2. The average Bonchev–Trinajstić information content (AvgIpc) is 3.34. The van der Waals surface area contributed by atoms with E-state index in [1.807, 2.05) is 0 Å². The van der Waals surface area contributed by atoms with Crippen molar-refractivity contribution in [1.82, 2.24) is 25.5 Å². The van der Waals surface area contributed by atoms with E-state index in [9.17, 15) is 14.0 Å². The number of hydrogen-bond donors (Lipinski definition) is 1. The third-order valence-corrected chi connectivity index (χ3v) is 4.91. The second-order valence-electron chi connectivity index (χ2n) is 6.58. The van der Waals surface area contributed by atoms with Crippen molar-refractivity contribution in [2.45, 2.75) is 13.0 Å². The first-order valence-corrected chi connectivity index (χ1v) is 9.26. The molecule has 1 aliphatic rings. The Morgan fingerprint density at radius 2 is 1.83 bits per heavy atom.